The third-order valence-corrected chi connectivity index (χ3v) is 6.37. The smallest absolute Gasteiger partial charge is 0.417 e. The molecule has 1 atom stereocenters. The number of hydrogen-bond acceptors (Lipinski definition) is 6. The van der Waals surface area contributed by atoms with Crippen molar-refractivity contribution < 1.29 is 22.4 Å². The van der Waals surface area contributed by atoms with E-state index in [4.69, 9.17) is 4.42 Å². The van der Waals surface area contributed by atoms with Gasteiger partial charge in [0, 0.05) is 30.8 Å². The fraction of sp³-hybridized carbons (Fsp3) is 0.381. The van der Waals surface area contributed by atoms with Gasteiger partial charge in [-0.15, -0.1) is 10.2 Å². The van der Waals surface area contributed by atoms with Crippen molar-refractivity contribution in [1.29, 1.82) is 0 Å². The standard InChI is InChI=1S/C21H18F3N7O2/c22-21(23,24)12-5-2-7-31-15(12)9-14(29-31)17-16-13(25-10-26-16)6-8-30(17)20(32)19-28-27-18(33-19)11-3-1-4-11/h2,5,7,9-11,17H,1,3-4,6,8H2,(H,25,26)/t17-/m1/s1. The highest BCUT2D eigenvalue weighted by Crippen LogP contribution is 2.38. The minimum atomic E-state index is -4.54. The predicted octanol–water partition coefficient (Wildman–Crippen LogP) is 3.51. The zero-order valence-corrected chi connectivity index (χ0v) is 17.2. The van der Waals surface area contributed by atoms with Crippen LogP contribution in [0.15, 0.2) is 35.1 Å². The second kappa shape index (κ2) is 7.15. The van der Waals surface area contributed by atoms with E-state index in [1.54, 1.807) is 0 Å². The average Bonchev–Trinajstić information content (AvgIpc) is 3.48. The maximum Gasteiger partial charge on any atom is 0.418 e. The van der Waals surface area contributed by atoms with E-state index in [1.807, 2.05) is 0 Å². The molecule has 0 unspecified atom stereocenters. The molecule has 9 nitrogen and oxygen atoms in total. The summed E-state index contributed by atoms with van der Waals surface area (Å²) in [5.41, 5.74) is 0.705. The molecular weight excluding hydrogens is 439 g/mol. The van der Waals surface area contributed by atoms with E-state index < -0.39 is 23.7 Å². The molecule has 12 heteroatoms. The van der Waals surface area contributed by atoms with Gasteiger partial charge >= 0.3 is 18.0 Å². The Balaban J connectivity index is 1.42. The first-order valence-corrected chi connectivity index (χ1v) is 10.6. The number of carbonyl (C=O) groups excluding carboxylic acids is 1. The first-order valence-electron chi connectivity index (χ1n) is 10.6. The summed E-state index contributed by atoms with van der Waals surface area (Å²) in [4.78, 5) is 22.3. The van der Waals surface area contributed by atoms with Crippen LogP contribution in [0.5, 0.6) is 0 Å². The Labute approximate surface area is 184 Å². The monoisotopic (exact) mass is 457 g/mol. The predicted molar refractivity (Wildman–Crippen MR) is 106 cm³/mol. The lowest BCUT2D eigenvalue weighted by atomic mass is 9.85. The van der Waals surface area contributed by atoms with Crippen molar-refractivity contribution >= 4 is 11.4 Å². The van der Waals surface area contributed by atoms with Crippen LogP contribution in [0, 0.1) is 0 Å². The summed E-state index contributed by atoms with van der Waals surface area (Å²) < 4.78 is 47.4. The molecule has 1 aliphatic carbocycles. The highest BCUT2D eigenvalue weighted by molar-refractivity contribution is 5.90. The molecule has 4 aromatic rings. The molecule has 4 aromatic heterocycles. The molecule has 5 heterocycles. The minimum absolute atomic E-state index is 0.0971. The van der Waals surface area contributed by atoms with E-state index in [9.17, 15) is 18.0 Å². The lowest BCUT2D eigenvalue weighted by Crippen LogP contribution is -2.41. The topological polar surface area (TPSA) is 105 Å². The Hall–Kier alpha value is -3.70. The Kier molecular flexibility index (Phi) is 4.32. The van der Waals surface area contributed by atoms with Gasteiger partial charge in [-0.25, -0.2) is 9.50 Å². The number of pyridine rings is 1. The Morgan fingerprint density at radius 3 is 2.85 bits per heavy atom. The lowest BCUT2D eigenvalue weighted by Gasteiger charge is -2.32. The van der Waals surface area contributed by atoms with Gasteiger partial charge in [0.15, 0.2) is 0 Å². The highest BCUT2D eigenvalue weighted by atomic mass is 19.4. The number of imidazole rings is 1. The maximum atomic E-state index is 13.5. The summed E-state index contributed by atoms with van der Waals surface area (Å²) >= 11 is 0. The number of halogens is 3. The van der Waals surface area contributed by atoms with Crippen molar-refractivity contribution in [3.63, 3.8) is 0 Å². The normalized spacial score (nSPS) is 19.0. The van der Waals surface area contributed by atoms with E-state index in [-0.39, 0.29) is 23.0 Å². The minimum Gasteiger partial charge on any atom is -0.417 e. The van der Waals surface area contributed by atoms with Gasteiger partial charge in [0.05, 0.1) is 28.8 Å². The van der Waals surface area contributed by atoms with Crippen LogP contribution in [0.4, 0.5) is 13.2 Å². The SMILES string of the molecule is O=C(c1nnc(C2CCC2)o1)N1CCc2[nH]cnc2[C@H]1c1cc2c(C(F)(F)F)cccn2n1. The molecule has 1 aliphatic heterocycles. The van der Waals surface area contributed by atoms with E-state index in [1.165, 1.54) is 34.1 Å². The molecule has 2 aliphatic rings. The van der Waals surface area contributed by atoms with Crippen LogP contribution in [0.25, 0.3) is 5.52 Å². The molecule has 6 rings (SSSR count). The Morgan fingerprint density at radius 2 is 2.09 bits per heavy atom. The summed E-state index contributed by atoms with van der Waals surface area (Å²) in [6.45, 7) is 0.292. The second-order valence-corrected chi connectivity index (χ2v) is 8.31. The number of aromatic nitrogens is 6. The molecule has 170 valence electrons. The molecular formula is C21H18F3N7O2. The highest BCUT2D eigenvalue weighted by Gasteiger charge is 2.40. The van der Waals surface area contributed by atoms with Gasteiger partial charge in [-0.05, 0) is 31.0 Å². The Bertz CT molecular complexity index is 1350. The van der Waals surface area contributed by atoms with E-state index in [0.29, 0.717) is 24.6 Å². The third kappa shape index (κ3) is 3.19. The van der Waals surface area contributed by atoms with Gasteiger partial charge in [0.25, 0.3) is 0 Å². The van der Waals surface area contributed by atoms with Crippen molar-refractivity contribution in [2.45, 2.75) is 43.8 Å². The quantitative estimate of drug-likeness (QED) is 0.505. The maximum absolute atomic E-state index is 13.5. The molecule has 0 radical (unpaired) electrons. The number of aromatic amines is 1. The first kappa shape index (κ1) is 19.9. The molecule has 0 aromatic carbocycles. The first-order chi connectivity index (χ1) is 15.9. The van der Waals surface area contributed by atoms with Gasteiger partial charge < -0.3 is 14.3 Å². The van der Waals surface area contributed by atoms with E-state index >= 15 is 0 Å². The van der Waals surface area contributed by atoms with Gasteiger partial charge in [-0.1, -0.05) is 6.42 Å². The van der Waals surface area contributed by atoms with Crippen LogP contribution in [0.1, 0.15) is 70.4 Å². The summed E-state index contributed by atoms with van der Waals surface area (Å²) in [6, 6.07) is 2.85. The zero-order chi connectivity index (χ0) is 22.7. The number of hydrogen-bond donors (Lipinski definition) is 1. The van der Waals surface area contributed by atoms with Gasteiger partial charge in [-0.3, -0.25) is 4.79 Å². The molecule has 0 spiro atoms. The van der Waals surface area contributed by atoms with Crippen LogP contribution in [0.2, 0.25) is 0 Å². The van der Waals surface area contributed by atoms with Crippen molar-refractivity contribution in [3.05, 3.63) is 65.1 Å². The fourth-order valence-corrected chi connectivity index (χ4v) is 4.47. The molecule has 1 fully saturated rings. The molecule has 1 N–H and O–H groups in total. The number of rotatable bonds is 3. The van der Waals surface area contributed by atoms with Crippen LogP contribution in [-0.2, 0) is 12.6 Å². The van der Waals surface area contributed by atoms with E-state index in [0.717, 1.165) is 31.0 Å². The van der Waals surface area contributed by atoms with Crippen LogP contribution >= 0.6 is 0 Å². The average molecular weight is 457 g/mol. The molecule has 0 bridgehead atoms. The van der Waals surface area contributed by atoms with Gasteiger partial charge in [-0.2, -0.15) is 18.3 Å². The number of carbonyl (C=O) groups is 1. The zero-order valence-electron chi connectivity index (χ0n) is 17.2. The number of alkyl halides is 3. The number of fused-ring (bicyclic) bond motifs is 2. The van der Waals surface area contributed by atoms with Crippen LogP contribution in [-0.4, -0.2) is 47.1 Å². The Morgan fingerprint density at radius 1 is 1.24 bits per heavy atom. The largest absolute Gasteiger partial charge is 0.418 e. The van der Waals surface area contributed by atoms with Crippen molar-refractivity contribution in [2.75, 3.05) is 6.54 Å². The van der Waals surface area contributed by atoms with Crippen molar-refractivity contribution in [1.82, 2.24) is 34.7 Å². The number of nitrogens with one attached hydrogen (secondary N) is 1. The number of H-pyrrole nitrogens is 1. The summed E-state index contributed by atoms with van der Waals surface area (Å²) in [5, 5.41) is 12.3. The van der Waals surface area contributed by atoms with E-state index in [2.05, 4.69) is 25.3 Å². The fourth-order valence-electron chi connectivity index (χ4n) is 4.47. The van der Waals surface area contributed by atoms with Crippen molar-refractivity contribution in [2.24, 2.45) is 0 Å². The molecule has 1 saturated carbocycles. The number of amides is 1. The summed E-state index contributed by atoms with van der Waals surface area (Å²) in [6.07, 6.45) is 1.88. The summed E-state index contributed by atoms with van der Waals surface area (Å²) in [7, 11) is 0. The van der Waals surface area contributed by atoms with Gasteiger partial charge in [0.2, 0.25) is 5.89 Å². The third-order valence-electron chi connectivity index (χ3n) is 6.37. The van der Waals surface area contributed by atoms with Crippen molar-refractivity contribution in [3.8, 4) is 0 Å². The number of nitrogens with zero attached hydrogens (tertiary/aromatic N) is 6. The second-order valence-electron chi connectivity index (χ2n) is 8.31. The lowest BCUT2D eigenvalue weighted by molar-refractivity contribution is -0.136. The van der Waals surface area contributed by atoms with Crippen LogP contribution in [0.3, 0.4) is 0 Å². The van der Waals surface area contributed by atoms with Crippen LogP contribution < -0.4 is 0 Å². The summed E-state index contributed by atoms with van der Waals surface area (Å²) in [5.74, 6) is -0.0185. The molecule has 0 saturated heterocycles. The van der Waals surface area contributed by atoms with Gasteiger partial charge in [0.1, 0.15) is 6.04 Å². The molecule has 33 heavy (non-hydrogen) atoms. The molecule has 1 amide bonds.